The second-order valence-electron chi connectivity index (χ2n) is 6.31. The highest BCUT2D eigenvalue weighted by Gasteiger charge is 2.27. The predicted molar refractivity (Wildman–Crippen MR) is 92.8 cm³/mol. The molecule has 1 aliphatic rings. The molecule has 0 bridgehead atoms. The van der Waals surface area contributed by atoms with Gasteiger partial charge < -0.3 is 4.90 Å². The van der Waals surface area contributed by atoms with Gasteiger partial charge in [-0.05, 0) is 18.9 Å². The third-order valence-electron chi connectivity index (χ3n) is 4.74. The van der Waals surface area contributed by atoms with Crippen molar-refractivity contribution in [1.29, 1.82) is 0 Å². The van der Waals surface area contributed by atoms with Gasteiger partial charge in [-0.25, -0.2) is 4.68 Å². The number of benzene rings is 1. The summed E-state index contributed by atoms with van der Waals surface area (Å²) in [6.07, 6.45) is 5.35. The van der Waals surface area contributed by atoms with Crippen LogP contribution in [0.4, 0.5) is 0 Å². The zero-order valence-corrected chi connectivity index (χ0v) is 14.1. The number of aryl methyl sites for hydroxylation is 1. The Bertz CT molecular complexity index is 847. The fraction of sp³-hybridized carbons (Fsp3) is 0.333. The number of amides is 1. The lowest BCUT2D eigenvalue weighted by atomic mass is 10.0. The molecule has 0 spiro atoms. The topological polar surface area (TPSA) is 68.8 Å². The maximum absolute atomic E-state index is 12.9. The largest absolute Gasteiger partial charge is 0.337 e. The van der Waals surface area contributed by atoms with Crippen LogP contribution in [0.25, 0.3) is 11.3 Å². The number of carbonyl (C=O) groups excluding carboxylic acids is 1. The van der Waals surface area contributed by atoms with E-state index in [1.165, 1.54) is 0 Å². The molecule has 1 fully saturated rings. The second-order valence-corrected chi connectivity index (χ2v) is 6.31. The van der Waals surface area contributed by atoms with Crippen molar-refractivity contribution in [2.24, 2.45) is 7.05 Å². The number of nitrogens with zero attached hydrogens (tertiary/aromatic N) is 6. The molecular formula is C18H20N6O. The highest BCUT2D eigenvalue weighted by atomic mass is 16.2. The van der Waals surface area contributed by atoms with Gasteiger partial charge in [0, 0.05) is 31.9 Å². The van der Waals surface area contributed by atoms with Crippen molar-refractivity contribution in [3.63, 3.8) is 0 Å². The molecular weight excluding hydrogens is 316 g/mol. The molecule has 0 unspecified atom stereocenters. The lowest BCUT2D eigenvalue weighted by molar-refractivity contribution is 0.0678. The first-order chi connectivity index (χ1) is 12.2. The van der Waals surface area contributed by atoms with E-state index in [9.17, 15) is 4.79 Å². The van der Waals surface area contributed by atoms with Crippen LogP contribution >= 0.6 is 0 Å². The van der Waals surface area contributed by atoms with Crippen LogP contribution in [0, 0.1) is 0 Å². The first-order valence-corrected chi connectivity index (χ1v) is 8.47. The van der Waals surface area contributed by atoms with Gasteiger partial charge in [0.15, 0.2) is 0 Å². The Balaban J connectivity index is 1.48. The van der Waals surface area contributed by atoms with Gasteiger partial charge in [0.2, 0.25) is 0 Å². The fourth-order valence-electron chi connectivity index (χ4n) is 3.33. The fourth-order valence-corrected chi connectivity index (χ4v) is 3.33. The molecule has 1 aliphatic heterocycles. The zero-order chi connectivity index (χ0) is 17.2. The van der Waals surface area contributed by atoms with E-state index in [1.54, 1.807) is 10.9 Å². The molecule has 25 heavy (non-hydrogen) atoms. The summed E-state index contributed by atoms with van der Waals surface area (Å²) in [4.78, 5) is 14.8. The van der Waals surface area contributed by atoms with Crippen LogP contribution in [0.1, 0.15) is 29.4 Å². The highest BCUT2D eigenvalue weighted by molar-refractivity contribution is 5.93. The maximum Gasteiger partial charge on any atom is 0.272 e. The summed E-state index contributed by atoms with van der Waals surface area (Å²) < 4.78 is 3.56. The van der Waals surface area contributed by atoms with Crippen LogP contribution in [0.2, 0.25) is 0 Å². The molecule has 4 rings (SSSR count). The van der Waals surface area contributed by atoms with Crippen LogP contribution in [0.15, 0.2) is 48.8 Å². The van der Waals surface area contributed by atoms with E-state index < -0.39 is 0 Å². The average Bonchev–Trinajstić information content (AvgIpc) is 3.32. The van der Waals surface area contributed by atoms with Gasteiger partial charge in [-0.15, -0.1) is 5.10 Å². The number of hydrogen-bond donors (Lipinski definition) is 0. The van der Waals surface area contributed by atoms with Crippen molar-refractivity contribution in [3.05, 3.63) is 54.5 Å². The van der Waals surface area contributed by atoms with Gasteiger partial charge in [-0.2, -0.15) is 5.10 Å². The number of piperidine rings is 1. The van der Waals surface area contributed by atoms with Crippen molar-refractivity contribution in [1.82, 2.24) is 29.7 Å². The molecule has 0 saturated carbocycles. The molecule has 0 radical (unpaired) electrons. The van der Waals surface area contributed by atoms with Crippen LogP contribution in [0.3, 0.4) is 0 Å². The minimum Gasteiger partial charge on any atom is -0.337 e. The predicted octanol–water partition coefficient (Wildman–Crippen LogP) is 2.16. The van der Waals surface area contributed by atoms with Crippen molar-refractivity contribution in [2.45, 2.75) is 18.9 Å². The third-order valence-corrected chi connectivity index (χ3v) is 4.74. The van der Waals surface area contributed by atoms with Crippen LogP contribution in [0.5, 0.6) is 0 Å². The molecule has 128 valence electrons. The second kappa shape index (κ2) is 6.51. The SMILES string of the molecule is Cn1nc(-c2ccccc2)cc1C(=O)N1CCC(n2ccnn2)CC1. The molecule has 1 amide bonds. The Morgan fingerprint density at radius 3 is 2.60 bits per heavy atom. The third kappa shape index (κ3) is 3.05. The molecule has 0 N–H and O–H groups in total. The van der Waals surface area contributed by atoms with E-state index in [-0.39, 0.29) is 5.91 Å². The Kier molecular flexibility index (Phi) is 4.05. The molecule has 0 aliphatic carbocycles. The Labute approximate surface area is 145 Å². The maximum atomic E-state index is 12.9. The van der Waals surface area contributed by atoms with Gasteiger partial charge in [0.05, 0.1) is 17.9 Å². The summed E-state index contributed by atoms with van der Waals surface area (Å²) in [5, 5.41) is 12.4. The molecule has 7 heteroatoms. The van der Waals surface area contributed by atoms with Crippen molar-refractivity contribution >= 4 is 5.91 Å². The molecule has 0 atom stereocenters. The van der Waals surface area contributed by atoms with Crippen LogP contribution in [-0.4, -0.2) is 48.7 Å². The van der Waals surface area contributed by atoms with E-state index >= 15 is 0 Å². The summed E-state index contributed by atoms with van der Waals surface area (Å²) in [5.74, 6) is 0.0363. The molecule has 2 aromatic heterocycles. The van der Waals surface area contributed by atoms with E-state index in [2.05, 4.69) is 15.4 Å². The summed E-state index contributed by atoms with van der Waals surface area (Å²) in [6.45, 7) is 1.43. The Morgan fingerprint density at radius 1 is 1.16 bits per heavy atom. The van der Waals surface area contributed by atoms with Gasteiger partial charge >= 0.3 is 0 Å². The van der Waals surface area contributed by atoms with Crippen molar-refractivity contribution < 1.29 is 4.79 Å². The smallest absolute Gasteiger partial charge is 0.272 e. The standard InChI is InChI=1S/C18H20N6O/c1-22-17(13-16(20-22)14-5-3-2-4-6-14)18(25)23-10-7-15(8-11-23)24-12-9-19-21-24/h2-6,9,12-13,15H,7-8,10-11H2,1H3. The highest BCUT2D eigenvalue weighted by Crippen LogP contribution is 2.24. The van der Waals surface area contributed by atoms with Crippen LogP contribution < -0.4 is 0 Å². The van der Waals surface area contributed by atoms with Gasteiger partial charge in [0.1, 0.15) is 5.69 Å². The first kappa shape index (κ1) is 15.6. The van der Waals surface area contributed by atoms with Gasteiger partial charge in [0.25, 0.3) is 5.91 Å². The summed E-state index contributed by atoms with van der Waals surface area (Å²) in [7, 11) is 1.82. The molecule has 1 aromatic carbocycles. The molecule has 1 saturated heterocycles. The Hall–Kier alpha value is -2.96. The van der Waals surface area contributed by atoms with Crippen molar-refractivity contribution in [3.8, 4) is 11.3 Å². The van der Waals surface area contributed by atoms with Crippen molar-refractivity contribution in [2.75, 3.05) is 13.1 Å². The average molecular weight is 336 g/mol. The number of carbonyl (C=O) groups is 1. The molecule has 3 aromatic rings. The summed E-state index contributed by atoms with van der Waals surface area (Å²) in [5.41, 5.74) is 2.46. The van der Waals surface area contributed by atoms with Gasteiger partial charge in [-0.1, -0.05) is 35.5 Å². The molecule has 7 nitrogen and oxygen atoms in total. The zero-order valence-electron chi connectivity index (χ0n) is 14.1. The number of rotatable bonds is 3. The first-order valence-electron chi connectivity index (χ1n) is 8.47. The van der Waals surface area contributed by atoms with E-state index in [4.69, 9.17) is 0 Å². The number of likely N-dealkylation sites (tertiary alicyclic amines) is 1. The Morgan fingerprint density at radius 2 is 1.92 bits per heavy atom. The van der Waals surface area contributed by atoms with Gasteiger partial charge in [-0.3, -0.25) is 9.48 Å². The van der Waals surface area contributed by atoms with E-state index in [1.807, 2.05) is 59.2 Å². The quantitative estimate of drug-likeness (QED) is 0.735. The summed E-state index contributed by atoms with van der Waals surface area (Å²) >= 11 is 0. The summed E-state index contributed by atoms with van der Waals surface area (Å²) in [6, 6.07) is 12.1. The van der Waals surface area contributed by atoms with Crippen LogP contribution in [-0.2, 0) is 7.05 Å². The lowest BCUT2D eigenvalue weighted by Gasteiger charge is -2.31. The minimum atomic E-state index is 0.0363. The number of hydrogen-bond acceptors (Lipinski definition) is 4. The van der Waals surface area contributed by atoms with E-state index in [0.717, 1.165) is 37.2 Å². The number of aromatic nitrogens is 5. The lowest BCUT2D eigenvalue weighted by Crippen LogP contribution is -2.39. The van der Waals surface area contributed by atoms with E-state index in [0.29, 0.717) is 11.7 Å². The normalized spacial score (nSPS) is 15.5. The monoisotopic (exact) mass is 336 g/mol. The minimum absolute atomic E-state index is 0.0363. The molecule has 3 heterocycles.